The second-order valence-corrected chi connectivity index (χ2v) is 6.60. The number of carbonyl (C=O) groups excluding carboxylic acids is 2. The maximum absolute atomic E-state index is 13.1. The van der Waals surface area contributed by atoms with Crippen molar-refractivity contribution in [3.63, 3.8) is 0 Å². The molecule has 1 aliphatic heterocycles. The number of benzene rings is 2. The minimum Gasteiger partial charge on any atom is -0.483 e. The number of para-hydroxylation sites is 2. The van der Waals surface area contributed by atoms with Gasteiger partial charge in [0, 0.05) is 12.5 Å². The first-order valence-corrected chi connectivity index (χ1v) is 8.54. The Balaban J connectivity index is 1.81. The van der Waals surface area contributed by atoms with Crippen molar-refractivity contribution in [1.29, 1.82) is 0 Å². The molecule has 0 aliphatic carbocycles. The number of hydrogen-bond donors (Lipinski definition) is 1. The molecule has 1 heterocycles. The Bertz CT molecular complexity index is 828. The first-order valence-electron chi connectivity index (χ1n) is 7.74. The van der Waals surface area contributed by atoms with E-state index in [1.165, 1.54) is 18.2 Å². The Kier molecular flexibility index (Phi) is 5.03. The van der Waals surface area contributed by atoms with Gasteiger partial charge in [0.25, 0.3) is 5.91 Å². The molecule has 1 atom stereocenters. The summed E-state index contributed by atoms with van der Waals surface area (Å²) >= 11 is 3.21. The zero-order chi connectivity index (χ0) is 18.0. The number of nitrogens with one attached hydrogen (secondary N) is 1. The lowest BCUT2D eigenvalue weighted by Gasteiger charge is -2.27. The monoisotopic (exact) mass is 406 g/mol. The number of hydrogen-bond acceptors (Lipinski definition) is 3. The van der Waals surface area contributed by atoms with E-state index in [9.17, 15) is 14.0 Å². The van der Waals surface area contributed by atoms with Crippen molar-refractivity contribution in [1.82, 2.24) is 0 Å². The van der Waals surface area contributed by atoms with Gasteiger partial charge in [0.15, 0.2) is 6.61 Å². The van der Waals surface area contributed by atoms with E-state index in [4.69, 9.17) is 4.74 Å². The SMILES string of the molecule is C[C@@H]1CC(=O)Nc2ccccc2N1C(=O)COc1ccc(F)cc1Br. The van der Waals surface area contributed by atoms with E-state index in [0.717, 1.165) is 0 Å². The van der Waals surface area contributed by atoms with E-state index in [2.05, 4.69) is 21.2 Å². The molecular formula is C18H16BrFN2O3. The highest BCUT2D eigenvalue weighted by Crippen LogP contribution is 2.31. The number of carbonyl (C=O) groups is 2. The van der Waals surface area contributed by atoms with Crippen LogP contribution in [0.25, 0.3) is 0 Å². The Morgan fingerprint density at radius 2 is 2.12 bits per heavy atom. The molecule has 0 saturated heterocycles. The summed E-state index contributed by atoms with van der Waals surface area (Å²) in [4.78, 5) is 26.3. The fourth-order valence-electron chi connectivity index (χ4n) is 2.77. The van der Waals surface area contributed by atoms with Gasteiger partial charge in [-0.05, 0) is 53.2 Å². The standard InChI is InChI=1S/C18H16BrFN2O3/c1-11-8-17(23)21-14-4-2-3-5-15(14)22(11)18(24)10-25-16-7-6-12(20)9-13(16)19/h2-7,9,11H,8,10H2,1H3,(H,21,23)/t11-/m1/s1. The number of amides is 2. The third kappa shape index (κ3) is 3.82. The van der Waals surface area contributed by atoms with Gasteiger partial charge in [0.1, 0.15) is 11.6 Å². The van der Waals surface area contributed by atoms with Gasteiger partial charge < -0.3 is 15.0 Å². The predicted molar refractivity (Wildman–Crippen MR) is 96.2 cm³/mol. The fourth-order valence-corrected chi connectivity index (χ4v) is 3.23. The zero-order valence-corrected chi connectivity index (χ0v) is 15.0. The highest BCUT2D eigenvalue weighted by molar-refractivity contribution is 9.10. The molecule has 0 aromatic heterocycles. The third-order valence-electron chi connectivity index (χ3n) is 3.87. The molecule has 2 aromatic rings. The van der Waals surface area contributed by atoms with E-state index in [1.54, 1.807) is 29.2 Å². The molecule has 7 heteroatoms. The van der Waals surface area contributed by atoms with Crippen molar-refractivity contribution in [2.75, 3.05) is 16.8 Å². The molecule has 25 heavy (non-hydrogen) atoms. The third-order valence-corrected chi connectivity index (χ3v) is 4.49. The van der Waals surface area contributed by atoms with Gasteiger partial charge >= 0.3 is 0 Å². The molecule has 1 aliphatic rings. The molecule has 2 aromatic carbocycles. The van der Waals surface area contributed by atoms with Crippen LogP contribution >= 0.6 is 15.9 Å². The molecule has 0 fully saturated rings. The molecule has 0 bridgehead atoms. The van der Waals surface area contributed by atoms with E-state index in [0.29, 0.717) is 21.6 Å². The number of anilines is 2. The normalized spacial score (nSPS) is 16.7. The molecule has 1 N–H and O–H groups in total. The lowest BCUT2D eigenvalue weighted by atomic mass is 10.1. The average Bonchev–Trinajstić information content (AvgIpc) is 2.68. The van der Waals surface area contributed by atoms with Crippen LogP contribution in [0.5, 0.6) is 5.75 Å². The van der Waals surface area contributed by atoms with E-state index >= 15 is 0 Å². The fraction of sp³-hybridized carbons (Fsp3) is 0.222. The lowest BCUT2D eigenvalue weighted by molar-refractivity contribution is -0.121. The Labute approximate surface area is 152 Å². The van der Waals surface area contributed by atoms with Crippen molar-refractivity contribution >= 4 is 39.1 Å². The predicted octanol–water partition coefficient (Wildman–Crippen LogP) is 3.73. The van der Waals surface area contributed by atoms with E-state index in [-0.39, 0.29) is 30.9 Å². The highest BCUT2D eigenvalue weighted by atomic mass is 79.9. The van der Waals surface area contributed by atoms with Crippen LogP contribution in [-0.4, -0.2) is 24.5 Å². The van der Waals surface area contributed by atoms with Crippen LogP contribution in [0.15, 0.2) is 46.9 Å². The molecule has 0 saturated carbocycles. The summed E-state index contributed by atoms with van der Waals surface area (Å²) < 4.78 is 19.1. The first-order chi connectivity index (χ1) is 12.0. The van der Waals surface area contributed by atoms with Crippen molar-refractivity contribution in [3.8, 4) is 5.75 Å². The topological polar surface area (TPSA) is 58.6 Å². The number of halogens is 2. The minimum absolute atomic E-state index is 0.141. The number of ether oxygens (including phenoxy) is 1. The maximum atomic E-state index is 13.1. The largest absolute Gasteiger partial charge is 0.483 e. The van der Waals surface area contributed by atoms with Crippen LogP contribution < -0.4 is 15.0 Å². The summed E-state index contributed by atoms with van der Waals surface area (Å²) in [6, 6.07) is 10.8. The van der Waals surface area contributed by atoms with Crippen LogP contribution in [0.2, 0.25) is 0 Å². The first kappa shape index (κ1) is 17.4. The van der Waals surface area contributed by atoms with Crippen LogP contribution in [0, 0.1) is 5.82 Å². The van der Waals surface area contributed by atoms with Gasteiger partial charge in [-0.15, -0.1) is 0 Å². The summed E-state index contributed by atoms with van der Waals surface area (Å²) in [6.45, 7) is 1.59. The van der Waals surface area contributed by atoms with Gasteiger partial charge in [-0.2, -0.15) is 0 Å². The van der Waals surface area contributed by atoms with Crippen molar-refractivity contribution in [3.05, 3.63) is 52.8 Å². The van der Waals surface area contributed by atoms with Crippen LogP contribution in [0.1, 0.15) is 13.3 Å². The van der Waals surface area contributed by atoms with Gasteiger partial charge in [0.2, 0.25) is 5.91 Å². The molecule has 0 spiro atoms. The van der Waals surface area contributed by atoms with Crippen LogP contribution in [0.3, 0.4) is 0 Å². The molecule has 130 valence electrons. The van der Waals surface area contributed by atoms with Crippen molar-refractivity contribution in [2.24, 2.45) is 0 Å². The molecule has 5 nitrogen and oxygen atoms in total. The second-order valence-electron chi connectivity index (χ2n) is 5.75. The molecule has 3 rings (SSSR count). The van der Waals surface area contributed by atoms with E-state index < -0.39 is 5.82 Å². The number of rotatable bonds is 3. The molecule has 0 unspecified atom stereocenters. The lowest BCUT2D eigenvalue weighted by Crippen LogP contribution is -2.41. The van der Waals surface area contributed by atoms with Crippen molar-refractivity contribution in [2.45, 2.75) is 19.4 Å². The Hall–Kier alpha value is -2.41. The van der Waals surface area contributed by atoms with Gasteiger partial charge in [-0.1, -0.05) is 12.1 Å². The molecular weight excluding hydrogens is 391 g/mol. The smallest absolute Gasteiger partial charge is 0.265 e. The summed E-state index contributed by atoms with van der Waals surface area (Å²) in [5.41, 5.74) is 1.22. The average molecular weight is 407 g/mol. The zero-order valence-electron chi connectivity index (χ0n) is 13.5. The second kappa shape index (κ2) is 7.23. The maximum Gasteiger partial charge on any atom is 0.265 e. The van der Waals surface area contributed by atoms with Crippen LogP contribution in [-0.2, 0) is 9.59 Å². The van der Waals surface area contributed by atoms with Gasteiger partial charge in [-0.25, -0.2) is 4.39 Å². The highest BCUT2D eigenvalue weighted by Gasteiger charge is 2.29. The quantitative estimate of drug-likeness (QED) is 0.844. The number of nitrogens with zero attached hydrogens (tertiary/aromatic N) is 1. The van der Waals surface area contributed by atoms with Gasteiger partial charge in [-0.3, -0.25) is 9.59 Å². The van der Waals surface area contributed by atoms with Crippen molar-refractivity contribution < 1.29 is 18.7 Å². The summed E-state index contributed by atoms with van der Waals surface area (Å²) in [6.07, 6.45) is 0.195. The molecule has 2 amide bonds. The van der Waals surface area contributed by atoms with E-state index in [1.807, 2.05) is 6.92 Å². The van der Waals surface area contributed by atoms with Gasteiger partial charge in [0.05, 0.1) is 15.8 Å². The van der Waals surface area contributed by atoms with Crippen LogP contribution in [0.4, 0.5) is 15.8 Å². The molecule has 0 radical (unpaired) electrons. The summed E-state index contributed by atoms with van der Waals surface area (Å²) in [5, 5.41) is 2.80. The minimum atomic E-state index is -0.398. The Morgan fingerprint density at radius 1 is 1.36 bits per heavy atom. The summed E-state index contributed by atoms with van der Waals surface area (Å²) in [5.74, 6) is -0.449. The number of fused-ring (bicyclic) bond motifs is 1. The summed E-state index contributed by atoms with van der Waals surface area (Å²) in [7, 11) is 0. The Morgan fingerprint density at radius 3 is 2.88 bits per heavy atom.